The van der Waals surface area contributed by atoms with Crippen molar-refractivity contribution in [1.29, 1.82) is 0 Å². The molecule has 8 rings (SSSR count). The first-order valence-corrected chi connectivity index (χ1v) is 18.5. The van der Waals surface area contributed by atoms with Crippen molar-refractivity contribution in [1.82, 2.24) is 18.8 Å². The fraction of sp³-hybridized carbons (Fsp3) is 0.158. The third-order valence-electron chi connectivity index (χ3n) is 8.45. The average molecular weight is 795 g/mol. The smallest absolute Gasteiger partial charge is 0.316 e. The Kier molecular flexibility index (Phi) is 9.83. The van der Waals surface area contributed by atoms with Crippen LogP contribution in [0.5, 0.6) is 23.0 Å². The van der Waals surface area contributed by atoms with Gasteiger partial charge in [-0.15, -0.1) is 0 Å². The number of nitrogens with zero attached hydrogens (tertiary/aromatic N) is 6. The van der Waals surface area contributed by atoms with Gasteiger partial charge in [0.2, 0.25) is 5.75 Å². The lowest BCUT2D eigenvalue weighted by Gasteiger charge is -2.14. The van der Waals surface area contributed by atoms with Gasteiger partial charge in [-0.1, -0.05) is 74.6 Å². The van der Waals surface area contributed by atoms with E-state index in [4.69, 9.17) is 9.47 Å². The van der Waals surface area contributed by atoms with Gasteiger partial charge in [0.15, 0.2) is 21.4 Å². The van der Waals surface area contributed by atoms with Gasteiger partial charge in [-0.2, -0.15) is 0 Å². The van der Waals surface area contributed by atoms with Crippen LogP contribution < -0.4 is 9.47 Å². The summed E-state index contributed by atoms with van der Waals surface area (Å²) in [5.74, 6) is -4.21. The van der Waals surface area contributed by atoms with E-state index >= 15 is 0 Å². The molecule has 16 nitrogen and oxygen atoms in total. The summed E-state index contributed by atoms with van der Waals surface area (Å²) in [5.41, 5.74) is 2.57. The second kappa shape index (κ2) is 14.7. The van der Waals surface area contributed by atoms with Gasteiger partial charge in [-0.05, 0) is 36.4 Å². The maximum absolute atomic E-state index is 12.3. The summed E-state index contributed by atoms with van der Waals surface area (Å²) in [4.78, 5) is 56.5. The van der Waals surface area contributed by atoms with E-state index in [9.17, 15) is 40.0 Å². The molecule has 0 aliphatic rings. The number of carbonyl (C=O) groups excluding carboxylic acids is 2. The van der Waals surface area contributed by atoms with Crippen LogP contribution in [-0.2, 0) is 9.59 Å². The number of benzene rings is 4. The lowest BCUT2D eigenvalue weighted by Crippen LogP contribution is -2.19. The van der Waals surface area contributed by atoms with E-state index in [0.29, 0.717) is 27.5 Å². The summed E-state index contributed by atoms with van der Waals surface area (Å²) in [6.07, 6.45) is 3.52. The number of esters is 2. The van der Waals surface area contributed by atoms with Crippen LogP contribution in [0, 0.1) is 32.1 Å². The fourth-order valence-electron chi connectivity index (χ4n) is 5.56. The number of fused-ring (bicyclic) bond motifs is 6. The molecule has 0 unspecified atom stereocenters. The summed E-state index contributed by atoms with van der Waals surface area (Å²) >= 11 is 2.99. The second-order valence-corrected chi connectivity index (χ2v) is 15.1. The Labute approximate surface area is 323 Å². The number of aromatic nitrogens is 4. The zero-order valence-corrected chi connectivity index (χ0v) is 31.5. The van der Waals surface area contributed by atoms with E-state index in [0.717, 1.165) is 25.4 Å². The van der Waals surface area contributed by atoms with E-state index in [1.54, 1.807) is 40.1 Å². The number of phenolic OH excluding ortho intramolecular Hbond substituents is 2. The molecule has 0 fully saturated rings. The van der Waals surface area contributed by atoms with Crippen molar-refractivity contribution < 1.29 is 39.1 Å². The number of ether oxygens (including phenoxy) is 2. The number of nitro benzene ring substituents is 2. The zero-order valence-electron chi connectivity index (χ0n) is 29.9. The summed E-state index contributed by atoms with van der Waals surface area (Å²) in [5, 5.41) is 42.1. The number of carbonyl (C=O) groups is 2. The highest BCUT2D eigenvalue weighted by molar-refractivity contribution is 7.24. The molecule has 4 aromatic heterocycles. The van der Waals surface area contributed by atoms with Gasteiger partial charge in [0.1, 0.15) is 0 Å². The number of imidazole rings is 2. The van der Waals surface area contributed by atoms with Crippen LogP contribution in [0.15, 0.2) is 85.2 Å². The molecule has 284 valence electrons. The van der Waals surface area contributed by atoms with Crippen molar-refractivity contribution in [3.05, 3.63) is 105 Å². The van der Waals surface area contributed by atoms with Crippen LogP contribution >= 0.6 is 22.7 Å². The first-order valence-electron chi connectivity index (χ1n) is 16.9. The lowest BCUT2D eigenvalue weighted by atomic mass is 10.1. The third-order valence-corrected chi connectivity index (χ3v) is 10.5. The highest BCUT2D eigenvalue weighted by atomic mass is 32.1. The Hall–Kier alpha value is -6.92. The van der Waals surface area contributed by atoms with E-state index in [2.05, 4.69) is 9.97 Å². The number of para-hydroxylation sites is 2. The van der Waals surface area contributed by atoms with Gasteiger partial charge in [-0.25, -0.2) is 9.97 Å². The van der Waals surface area contributed by atoms with Gasteiger partial charge in [-0.3, -0.25) is 38.6 Å². The Morgan fingerprint density at radius 2 is 1.16 bits per heavy atom. The Morgan fingerprint density at radius 1 is 0.696 bits per heavy atom. The van der Waals surface area contributed by atoms with Gasteiger partial charge in [0.25, 0.3) is 5.75 Å². The van der Waals surface area contributed by atoms with Crippen molar-refractivity contribution in [2.45, 2.75) is 27.7 Å². The van der Waals surface area contributed by atoms with Crippen LogP contribution in [0.4, 0.5) is 11.4 Å². The predicted octanol–water partition coefficient (Wildman–Crippen LogP) is 8.78. The normalized spacial score (nSPS) is 11.4. The number of hydrogen-bond donors (Lipinski definition) is 2. The van der Waals surface area contributed by atoms with E-state index in [1.807, 2.05) is 57.3 Å². The molecule has 0 atom stereocenters. The van der Waals surface area contributed by atoms with Gasteiger partial charge >= 0.3 is 23.3 Å². The van der Waals surface area contributed by atoms with Crippen LogP contribution in [0.3, 0.4) is 0 Å². The number of rotatable bonds is 8. The molecule has 0 saturated heterocycles. The van der Waals surface area contributed by atoms with Crippen molar-refractivity contribution in [2.75, 3.05) is 0 Å². The first kappa shape index (κ1) is 37.4. The second-order valence-electron chi connectivity index (χ2n) is 13.0. The molecule has 4 heterocycles. The molecule has 0 amide bonds. The Morgan fingerprint density at radius 3 is 1.66 bits per heavy atom. The van der Waals surface area contributed by atoms with E-state index in [-0.39, 0.29) is 5.75 Å². The standard InChI is InChI=1S/C23H21N3O6S.C15H9N3O4S/c1-12(2)21(27)31-18-10-14(9-17(26(29)30)20(18)32-22(28)13(3)4)15-11-25-16-7-5-6-8-19(16)33-23(25)24-15;19-12-6-8(5-11(14(12)20)18(21)22)9-7-17-10-3-1-2-4-13(10)23-15(17)16-9/h5-13H,1-4H3;1-7,19-20H. The minimum Gasteiger partial charge on any atom is -0.504 e. The van der Waals surface area contributed by atoms with Crippen molar-refractivity contribution in [2.24, 2.45) is 11.8 Å². The summed E-state index contributed by atoms with van der Waals surface area (Å²) in [7, 11) is 0. The highest BCUT2D eigenvalue weighted by Gasteiger charge is 2.29. The average Bonchev–Trinajstić information content (AvgIpc) is 3.93. The topological polar surface area (TPSA) is 214 Å². The summed E-state index contributed by atoms with van der Waals surface area (Å²) in [6, 6.07) is 20.8. The van der Waals surface area contributed by atoms with Crippen molar-refractivity contribution >= 4 is 76.3 Å². The van der Waals surface area contributed by atoms with Gasteiger partial charge in [0.05, 0.1) is 53.5 Å². The maximum atomic E-state index is 12.3. The molecule has 8 aromatic rings. The molecule has 56 heavy (non-hydrogen) atoms. The zero-order chi connectivity index (χ0) is 40.0. The highest BCUT2D eigenvalue weighted by Crippen LogP contribution is 2.43. The largest absolute Gasteiger partial charge is 0.504 e. The summed E-state index contributed by atoms with van der Waals surface area (Å²) in [6.45, 7) is 6.47. The minimum absolute atomic E-state index is 0.201. The number of phenols is 2. The molecule has 0 spiro atoms. The van der Waals surface area contributed by atoms with Crippen LogP contribution in [0.1, 0.15) is 27.7 Å². The third kappa shape index (κ3) is 7.05. The minimum atomic E-state index is -0.745. The number of nitro groups is 2. The Balaban J connectivity index is 0.000000182. The van der Waals surface area contributed by atoms with E-state index < -0.39 is 62.2 Å². The number of aromatic hydroxyl groups is 2. The quantitative estimate of drug-likeness (QED) is 0.0485. The molecule has 0 bridgehead atoms. The lowest BCUT2D eigenvalue weighted by molar-refractivity contribution is -0.386. The van der Waals surface area contributed by atoms with Crippen LogP contribution in [-0.4, -0.2) is 50.8 Å². The molecular weight excluding hydrogens is 765 g/mol. The molecule has 0 radical (unpaired) electrons. The molecule has 4 aromatic carbocycles. The van der Waals surface area contributed by atoms with Crippen molar-refractivity contribution in [3.63, 3.8) is 0 Å². The Bertz CT molecular complexity index is 2870. The maximum Gasteiger partial charge on any atom is 0.316 e. The van der Waals surface area contributed by atoms with E-state index in [1.165, 1.54) is 46.9 Å². The van der Waals surface area contributed by atoms with Gasteiger partial charge in [0, 0.05) is 35.7 Å². The first-order chi connectivity index (χ1) is 26.7. The molecule has 18 heteroatoms. The predicted molar refractivity (Wildman–Crippen MR) is 210 cm³/mol. The fourth-order valence-corrected chi connectivity index (χ4v) is 7.58. The molecular formula is C38H30N6O10S2. The SMILES string of the molecule is CC(C)C(=O)Oc1cc(-c2cn3c(n2)sc2ccccc23)cc([N+](=O)[O-])c1OC(=O)C(C)C.O=[N+]([O-])c1cc(-c2cn3c(n2)sc2ccccc23)cc(O)c1O. The molecule has 0 aliphatic carbocycles. The summed E-state index contributed by atoms with van der Waals surface area (Å²) < 4.78 is 16.6. The number of hydrogen-bond acceptors (Lipinski definition) is 14. The van der Waals surface area contributed by atoms with Gasteiger partial charge < -0.3 is 19.7 Å². The monoisotopic (exact) mass is 794 g/mol. The van der Waals surface area contributed by atoms with Crippen LogP contribution in [0.2, 0.25) is 0 Å². The number of thiazole rings is 2. The molecule has 2 N–H and O–H groups in total. The van der Waals surface area contributed by atoms with Crippen molar-refractivity contribution in [3.8, 4) is 45.5 Å². The molecule has 0 aliphatic heterocycles. The molecule has 0 saturated carbocycles. The van der Waals surface area contributed by atoms with Crippen LogP contribution in [0.25, 0.3) is 52.9 Å².